The average molecular weight is 588 g/mol. The van der Waals surface area contributed by atoms with Crippen molar-refractivity contribution in [2.45, 2.75) is 161 Å². The zero-order valence-electron chi connectivity index (χ0n) is 25.8. The van der Waals surface area contributed by atoms with Crippen LogP contribution in [0.4, 0.5) is 0 Å². The van der Waals surface area contributed by atoms with Gasteiger partial charge in [-0.25, -0.2) is 0 Å². The molecule has 234 valence electrons. The van der Waals surface area contributed by atoms with Crippen molar-refractivity contribution >= 4 is 20.2 Å². The van der Waals surface area contributed by atoms with E-state index in [1.165, 1.54) is 84.2 Å². The Balaban J connectivity index is 3.90. The van der Waals surface area contributed by atoms with Gasteiger partial charge in [-0.1, -0.05) is 122 Å². The van der Waals surface area contributed by atoms with Gasteiger partial charge in [0.2, 0.25) is 0 Å². The topological polar surface area (TPSA) is 88.1 Å². The van der Waals surface area contributed by atoms with Gasteiger partial charge in [0, 0.05) is 17.4 Å². The summed E-state index contributed by atoms with van der Waals surface area (Å²) in [6, 6.07) is 0. The van der Waals surface area contributed by atoms with Crippen LogP contribution in [0.1, 0.15) is 155 Å². The third-order valence-corrected chi connectivity index (χ3v) is 7.67. The Bertz CT molecular complexity index is 626. The second kappa shape index (κ2) is 30.7. The quantitative estimate of drug-likeness (QED) is 0.0345. The molecule has 0 saturated carbocycles. The van der Waals surface area contributed by atoms with Gasteiger partial charge in [0.1, 0.15) is 13.2 Å². The molecule has 0 fully saturated rings. The Labute approximate surface area is 246 Å². The highest BCUT2D eigenvalue weighted by molar-refractivity contribution is 7.33. The standard InChI is InChI=1S/C32H60O7P/c1-4-6-8-10-12-13-14-15-16-17-18-19-21-22-24-26-31(33)37-28-30(29-38-40(35)36-3)39-32(34)27-25-23-20-11-9-7-5-2/h5,30H,2,4,6-29H2,1,3H3/q+1/t30-/m1/s1. The van der Waals surface area contributed by atoms with Crippen LogP contribution in [-0.4, -0.2) is 38.4 Å². The highest BCUT2D eigenvalue weighted by Crippen LogP contribution is 2.22. The first-order chi connectivity index (χ1) is 19.5. The largest absolute Gasteiger partial charge is 0.697 e. The fourth-order valence-corrected chi connectivity index (χ4v) is 4.94. The maximum Gasteiger partial charge on any atom is 0.697 e. The molecule has 40 heavy (non-hydrogen) atoms. The first kappa shape index (κ1) is 38.7. The predicted molar refractivity (Wildman–Crippen MR) is 163 cm³/mol. The Morgan fingerprint density at radius 1 is 0.675 bits per heavy atom. The van der Waals surface area contributed by atoms with Crippen LogP contribution in [0.15, 0.2) is 12.7 Å². The smallest absolute Gasteiger partial charge is 0.462 e. The van der Waals surface area contributed by atoms with Gasteiger partial charge < -0.3 is 9.47 Å². The second-order valence-electron chi connectivity index (χ2n) is 10.8. The number of carbonyl (C=O) groups is 2. The maximum absolute atomic E-state index is 12.2. The van der Waals surface area contributed by atoms with Gasteiger partial charge in [0.15, 0.2) is 6.10 Å². The molecule has 8 heteroatoms. The summed E-state index contributed by atoms with van der Waals surface area (Å²) in [6.07, 6.45) is 26.9. The minimum absolute atomic E-state index is 0.113. The summed E-state index contributed by atoms with van der Waals surface area (Å²) < 4.78 is 31.9. The molecule has 0 aliphatic rings. The van der Waals surface area contributed by atoms with Gasteiger partial charge in [0.25, 0.3) is 0 Å². The molecule has 0 aromatic heterocycles. The Morgan fingerprint density at radius 3 is 1.60 bits per heavy atom. The number of rotatable bonds is 31. The summed E-state index contributed by atoms with van der Waals surface area (Å²) in [6.45, 7) is 5.72. The summed E-state index contributed by atoms with van der Waals surface area (Å²) in [5.41, 5.74) is 0. The van der Waals surface area contributed by atoms with Crippen LogP contribution in [0.5, 0.6) is 0 Å². The molecule has 0 aromatic rings. The van der Waals surface area contributed by atoms with E-state index >= 15 is 0 Å². The molecule has 0 bridgehead atoms. The zero-order chi connectivity index (χ0) is 29.5. The molecule has 0 rings (SSSR count). The summed E-state index contributed by atoms with van der Waals surface area (Å²) in [5.74, 6) is -0.683. The van der Waals surface area contributed by atoms with E-state index in [9.17, 15) is 14.2 Å². The van der Waals surface area contributed by atoms with Crippen LogP contribution in [0.25, 0.3) is 0 Å². The van der Waals surface area contributed by atoms with E-state index in [-0.39, 0.29) is 25.2 Å². The van der Waals surface area contributed by atoms with Gasteiger partial charge in [-0.2, -0.15) is 0 Å². The zero-order valence-corrected chi connectivity index (χ0v) is 26.7. The van der Waals surface area contributed by atoms with Gasteiger partial charge in [0.05, 0.1) is 7.11 Å². The summed E-state index contributed by atoms with van der Waals surface area (Å²) in [7, 11) is -1.03. The Hall–Kier alpha value is -1.30. The van der Waals surface area contributed by atoms with Crippen molar-refractivity contribution < 1.29 is 32.7 Å². The number of allylic oxidation sites excluding steroid dienone is 1. The molecule has 7 nitrogen and oxygen atoms in total. The molecule has 0 aliphatic carbocycles. The third-order valence-electron chi connectivity index (χ3n) is 7.02. The van der Waals surface area contributed by atoms with Crippen molar-refractivity contribution in [3.05, 3.63) is 12.7 Å². The van der Waals surface area contributed by atoms with Crippen molar-refractivity contribution in [2.24, 2.45) is 0 Å². The molecule has 0 heterocycles. The van der Waals surface area contributed by atoms with E-state index in [2.05, 4.69) is 18.0 Å². The van der Waals surface area contributed by atoms with Gasteiger partial charge in [-0.15, -0.1) is 15.6 Å². The van der Waals surface area contributed by atoms with Crippen LogP contribution in [0, 0.1) is 0 Å². The number of carbonyl (C=O) groups excluding carboxylic acids is 2. The van der Waals surface area contributed by atoms with Crippen LogP contribution < -0.4 is 0 Å². The van der Waals surface area contributed by atoms with E-state index in [1.54, 1.807) is 0 Å². The van der Waals surface area contributed by atoms with Crippen molar-refractivity contribution in [2.75, 3.05) is 20.3 Å². The van der Waals surface area contributed by atoms with Crippen molar-refractivity contribution in [1.82, 2.24) is 0 Å². The molecule has 0 spiro atoms. The van der Waals surface area contributed by atoms with E-state index in [0.717, 1.165) is 57.8 Å². The monoisotopic (exact) mass is 587 g/mol. The lowest BCUT2D eigenvalue weighted by Gasteiger charge is -2.15. The number of esters is 2. The highest BCUT2D eigenvalue weighted by Gasteiger charge is 2.25. The Morgan fingerprint density at radius 2 is 1.12 bits per heavy atom. The van der Waals surface area contributed by atoms with Crippen LogP contribution in [0.3, 0.4) is 0 Å². The summed E-state index contributed by atoms with van der Waals surface area (Å²) in [5, 5.41) is 0. The first-order valence-electron chi connectivity index (χ1n) is 16.1. The molecule has 0 amide bonds. The summed E-state index contributed by atoms with van der Waals surface area (Å²) >= 11 is 0. The molecule has 0 aromatic carbocycles. The average Bonchev–Trinajstić information content (AvgIpc) is 2.95. The lowest BCUT2D eigenvalue weighted by Crippen LogP contribution is -2.29. The number of ether oxygens (including phenoxy) is 2. The van der Waals surface area contributed by atoms with Crippen LogP contribution in [0.2, 0.25) is 0 Å². The molecule has 0 saturated heterocycles. The van der Waals surface area contributed by atoms with E-state index < -0.39 is 14.4 Å². The molecule has 0 radical (unpaired) electrons. The van der Waals surface area contributed by atoms with E-state index in [1.807, 2.05) is 6.08 Å². The van der Waals surface area contributed by atoms with E-state index in [4.69, 9.17) is 14.0 Å². The van der Waals surface area contributed by atoms with Crippen LogP contribution >= 0.6 is 8.25 Å². The lowest BCUT2D eigenvalue weighted by molar-refractivity contribution is -0.161. The molecule has 2 atom stereocenters. The van der Waals surface area contributed by atoms with Gasteiger partial charge >= 0.3 is 20.2 Å². The highest BCUT2D eigenvalue weighted by atomic mass is 31.1. The molecule has 0 N–H and O–H groups in total. The van der Waals surface area contributed by atoms with Crippen molar-refractivity contribution in [1.29, 1.82) is 0 Å². The van der Waals surface area contributed by atoms with Crippen molar-refractivity contribution in [3.63, 3.8) is 0 Å². The number of hydrogen-bond acceptors (Lipinski definition) is 7. The minimum Gasteiger partial charge on any atom is -0.462 e. The number of hydrogen-bond donors (Lipinski definition) is 0. The molecular weight excluding hydrogens is 527 g/mol. The SMILES string of the molecule is C=CCCCCCCCC(=O)O[C@H](COC(=O)CCCCCCCCCCCCCCCCC)CO[P+](=O)OC. The third kappa shape index (κ3) is 28.2. The van der Waals surface area contributed by atoms with E-state index in [0.29, 0.717) is 12.8 Å². The normalized spacial score (nSPS) is 12.2. The van der Waals surface area contributed by atoms with Gasteiger partial charge in [-0.05, 0) is 25.7 Å². The van der Waals surface area contributed by atoms with Crippen LogP contribution in [-0.2, 0) is 32.7 Å². The molecular formula is C32H60O7P+. The minimum atomic E-state index is -2.30. The second-order valence-corrected chi connectivity index (χ2v) is 11.9. The maximum atomic E-state index is 12.2. The fraction of sp³-hybridized carbons (Fsp3) is 0.875. The molecule has 1 unspecified atom stereocenters. The lowest BCUT2D eigenvalue weighted by atomic mass is 10.0. The first-order valence-corrected chi connectivity index (χ1v) is 17.2. The Kier molecular flexibility index (Phi) is 29.7. The van der Waals surface area contributed by atoms with Crippen molar-refractivity contribution in [3.8, 4) is 0 Å². The fourth-order valence-electron chi connectivity index (χ4n) is 4.54. The number of unbranched alkanes of at least 4 members (excludes halogenated alkanes) is 19. The van der Waals surface area contributed by atoms with Gasteiger partial charge in [-0.3, -0.25) is 9.59 Å². The molecule has 0 aliphatic heterocycles. The predicted octanol–water partition coefficient (Wildman–Crippen LogP) is 9.94. The summed E-state index contributed by atoms with van der Waals surface area (Å²) in [4.78, 5) is 24.4.